The standard InChI is InChI=1S/C8H6BrNO4/c9-7(4-11)6-3-5(10(13)14)1-2-8(6)12/h1-4,7,12H. The predicted molar refractivity (Wildman–Crippen MR) is 52.5 cm³/mol. The maximum absolute atomic E-state index is 10.4. The van der Waals surface area contributed by atoms with E-state index in [0.29, 0.717) is 6.29 Å². The zero-order chi connectivity index (χ0) is 10.7. The molecule has 1 atom stereocenters. The first kappa shape index (κ1) is 10.6. The molecule has 0 saturated carbocycles. The monoisotopic (exact) mass is 259 g/mol. The lowest BCUT2D eigenvalue weighted by molar-refractivity contribution is -0.384. The molecule has 0 saturated heterocycles. The number of nitro benzene ring substituents is 1. The molecule has 5 nitrogen and oxygen atoms in total. The van der Waals surface area contributed by atoms with E-state index in [4.69, 9.17) is 0 Å². The Morgan fingerprint density at radius 1 is 1.57 bits per heavy atom. The van der Waals surface area contributed by atoms with Crippen LogP contribution in [0.4, 0.5) is 5.69 Å². The molecule has 74 valence electrons. The summed E-state index contributed by atoms with van der Waals surface area (Å²) in [5, 5.41) is 19.7. The van der Waals surface area contributed by atoms with E-state index in [1.807, 2.05) is 0 Å². The van der Waals surface area contributed by atoms with Crippen molar-refractivity contribution in [3.8, 4) is 5.75 Å². The molecule has 1 rings (SSSR count). The van der Waals surface area contributed by atoms with Gasteiger partial charge in [-0.2, -0.15) is 0 Å². The average Bonchev–Trinajstić information content (AvgIpc) is 2.17. The number of rotatable bonds is 3. The van der Waals surface area contributed by atoms with Crippen LogP contribution in [0.3, 0.4) is 0 Å². The van der Waals surface area contributed by atoms with Gasteiger partial charge >= 0.3 is 0 Å². The lowest BCUT2D eigenvalue weighted by atomic mass is 10.1. The topological polar surface area (TPSA) is 80.4 Å². The van der Waals surface area contributed by atoms with E-state index in [2.05, 4.69) is 15.9 Å². The van der Waals surface area contributed by atoms with Crippen molar-refractivity contribution in [2.45, 2.75) is 4.83 Å². The molecule has 0 bridgehead atoms. The number of carbonyl (C=O) groups excluding carboxylic acids is 1. The number of carbonyl (C=O) groups is 1. The van der Waals surface area contributed by atoms with Gasteiger partial charge in [0, 0.05) is 17.7 Å². The fourth-order valence-corrected chi connectivity index (χ4v) is 1.32. The molecule has 6 heteroatoms. The van der Waals surface area contributed by atoms with Crippen molar-refractivity contribution in [1.29, 1.82) is 0 Å². The molecule has 0 aliphatic heterocycles. The quantitative estimate of drug-likeness (QED) is 0.389. The number of hydrogen-bond acceptors (Lipinski definition) is 4. The summed E-state index contributed by atoms with van der Waals surface area (Å²) in [6, 6.07) is 3.51. The summed E-state index contributed by atoms with van der Waals surface area (Å²) in [6.07, 6.45) is 0.540. The molecule has 0 spiro atoms. The largest absolute Gasteiger partial charge is 0.508 e. The minimum atomic E-state index is -0.734. The van der Waals surface area contributed by atoms with Crippen LogP contribution in [0, 0.1) is 10.1 Å². The average molecular weight is 260 g/mol. The maximum atomic E-state index is 10.4. The molecule has 0 amide bonds. The lowest BCUT2D eigenvalue weighted by Gasteiger charge is -2.04. The Bertz CT molecular complexity index is 380. The summed E-state index contributed by atoms with van der Waals surface area (Å²) >= 11 is 2.97. The van der Waals surface area contributed by atoms with Gasteiger partial charge in [-0.25, -0.2) is 0 Å². The van der Waals surface area contributed by atoms with Gasteiger partial charge in [-0.1, -0.05) is 15.9 Å². The van der Waals surface area contributed by atoms with Crippen molar-refractivity contribution < 1.29 is 14.8 Å². The SMILES string of the molecule is O=CC(Br)c1cc([N+](=O)[O-])ccc1O. The number of benzene rings is 1. The Kier molecular flexibility index (Phi) is 3.19. The van der Waals surface area contributed by atoms with Crippen molar-refractivity contribution in [2.24, 2.45) is 0 Å². The predicted octanol–water partition coefficient (Wildman–Crippen LogP) is 1.94. The highest BCUT2D eigenvalue weighted by molar-refractivity contribution is 9.09. The number of halogens is 1. The minimum Gasteiger partial charge on any atom is -0.508 e. The number of phenols is 1. The molecule has 0 heterocycles. The van der Waals surface area contributed by atoms with Crippen LogP contribution in [-0.4, -0.2) is 16.3 Å². The molecule has 1 unspecified atom stereocenters. The van der Waals surface area contributed by atoms with Crippen molar-refractivity contribution in [1.82, 2.24) is 0 Å². The third-order valence-corrected chi connectivity index (χ3v) is 2.35. The zero-order valence-corrected chi connectivity index (χ0v) is 8.47. The Morgan fingerprint density at radius 3 is 2.71 bits per heavy atom. The van der Waals surface area contributed by atoms with E-state index in [0.717, 1.165) is 6.07 Å². The van der Waals surface area contributed by atoms with E-state index in [1.165, 1.54) is 12.1 Å². The smallest absolute Gasteiger partial charge is 0.270 e. The van der Waals surface area contributed by atoms with Crippen LogP contribution >= 0.6 is 15.9 Å². The van der Waals surface area contributed by atoms with Crippen LogP contribution in [0.25, 0.3) is 0 Å². The van der Waals surface area contributed by atoms with Crippen LogP contribution in [0.2, 0.25) is 0 Å². The minimum absolute atomic E-state index is 0.149. The van der Waals surface area contributed by atoms with Gasteiger partial charge < -0.3 is 9.90 Å². The summed E-state index contributed by atoms with van der Waals surface area (Å²) in [4.78, 5) is 19.5. The van der Waals surface area contributed by atoms with Gasteiger partial charge in [-0.15, -0.1) is 0 Å². The molecular weight excluding hydrogens is 254 g/mol. The summed E-state index contributed by atoms with van der Waals surface area (Å²) in [6.45, 7) is 0. The van der Waals surface area contributed by atoms with Gasteiger partial charge in [0.1, 0.15) is 12.0 Å². The Morgan fingerprint density at radius 2 is 2.21 bits per heavy atom. The van der Waals surface area contributed by atoms with Crippen LogP contribution in [-0.2, 0) is 4.79 Å². The second kappa shape index (κ2) is 4.19. The molecule has 0 aromatic heterocycles. The fourth-order valence-electron chi connectivity index (χ4n) is 0.950. The van der Waals surface area contributed by atoms with Crippen molar-refractivity contribution in [3.05, 3.63) is 33.9 Å². The lowest BCUT2D eigenvalue weighted by Crippen LogP contribution is -1.94. The Hall–Kier alpha value is -1.43. The second-order valence-corrected chi connectivity index (χ2v) is 3.52. The molecule has 0 radical (unpaired) electrons. The van der Waals surface area contributed by atoms with Gasteiger partial charge in [0.15, 0.2) is 0 Å². The number of alkyl halides is 1. The fraction of sp³-hybridized carbons (Fsp3) is 0.125. The van der Waals surface area contributed by atoms with E-state index >= 15 is 0 Å². The van der Waals surface area contributed by atoms with Gasteiger partial charge in [0.2, 0.25) is 0 Å². The first-order valence-electron chi connectivity index (χ1n) is 3.63. The molecule has 1 aromatic rings. The molecule has 0 aliphatic carbocycles. The zero-order valence-electron chi connectivity index (χ0n) is 6.88. The highest BCUT2D eigenvalue weighted by atomic mass is 79.9. The molecular formula is C8H6BrNO4. The molecule has 14 heavy (non-hydrogen) atoms. The highest BCUT2D eigenvalue weighted by Gasteiger charge is 2.15. The van der Waals surface area contributed by atoms with Crippen LogP contribution in [0.1, 0.15) is 10.4 Å². The first-order valence-corrected chi connectivity index (χ1v) is 4.54. The van der Waals surface area contributed by atoms with Crippen LogP contribution in [0.15, 0.2) is 18.2 Å². The number of phenolic OH excluding ortho intramolecular Hbond substituents is 1. The third kappa shape index (κ3) is 2.08. The summed E-state index contributed by atoms with van der Waals surface area (Å²) in [5.74, 6) is -0.149. The van der Waals surface area contributed by atoms with Crippen molar-refractivity contribution >= 4 is 27.9 Å². The van der Waals surface area contributed by atoms with E-state index in [-0.39, 0.29) is 17.0 Å². The van der Waals surface area contributed by atoms with Crippen molar-refractivity contribution in [2.75, 3.05) is 0 Å². The number of nitrogens with zero attached hydrogens (tertiary/aromatic N) is 1. The third-order valence-electron chi connectivity index (χ3n) is 1.64. The molecule has 0 fully saturated rings. The number of aromatic hydroxyl groups is 1. The number of non-ortho nitro benzene ring substituents is 1. The number of nitro groups is 1. The summed E-state index contributed by atoms with van der Waals surface area (Å²) < 4.78 is 0. The second-order valence-electron chi connectivity index (χ2n) is 2.54. The van der Waals surface area contributed by atoms with E-state index in [1.54, 1.807) is 0 Å². The first-order chi connectivity index (χ1) is 6.56. The highest BCUT2D eigenvalue weighted by Crippen LogP contribution is 2.31. The maximum Gasteiger partial charge on any atom is 0.270 e. The van der Waals surface area contributed by atoms with Crippen molar-refractivity contribution in [3.63, 3.8) is 0 Å². The Labute approximate surface area is 87.6 Å². The van der Waals surface area contributed by atoms with Gasteiger partial charge in [-0.3, -0.25) is 10.1 Å². The van der Waals surface area contributed by atoms with Gasteiger partial charge in [-0.05, 0) is 6.07 Å². The van der Waals surface area contributed by atoms with E-state index in [9.17, 15) is 20.0 Å². The molecule has 1 N–H and O–H groups in total. The number of hydrogen-bond donors (Lipinski definition) is 1. The molecule has 1 aromatic carbocycles. The van der Waals surface area contributed by atoms with Gasteiger partial charge in [0.05, 0.1) is 9.75 Å². The normalized spacial score (nSPS) is 12.1. The van der Waals surface area contributed by atoms with E-state index < -0.39 is 9.75 Å². The summed E-state index contributed by atoms with van der Waals surface area (Å²) in [7, 11) is 0. The Balaban J connectivity index is 3.20. The van der Waals surface area contributed by atoms with Crippen LogP contribution < -0.4 is 0 Å². The number of aldehydes is 1. The van der Waals surface area contributed by atoms with Crippen LogP contribution in [0.5, 0.6) is 5.75 Å². The summed E-state index contributed by atoms with van der Waals surface area (Å²) in [5.41, 5.74) is 0.0262. The molecule has 0 aliphatic rings. The van der Waals surface area contributed by atoms with Gasteiger partial charge in [0.25, 0.3) is 5.69 Å².